The number of hydrogen-bond acceptors (Lipinski definition) is 3. The molecule has 0 aliphatic rings. The van der Waals surface area contributed by atoms with Gasteiger partial charge in [0.05, 0.1) is 11.2 Å². The summed E-state index contributed by atoms with van der Waals surface area (Å²) in [6, 6.07) is 17.0. The van der Waals surface area contributed by atoms with Crippen molar-refractivity contribution in [3.63, 3.8) is 0 Å². The molecule has 2 N–H and O–H groups in total. The number of fused-ring (bicyclic) bond motifs is 1. The zero-order valence-electron chi connectivity index (χ0n) is 14.0. The predicted octanol–water partition coefficient (Wildman–Crippen LogP) is 4.25. The van der Waals surface area contributed by atoms with Crippen LogP contribution in [0.4, 0.5) is 21.9 Å². The van der Waals surface area contributed by atoms with Crippen LogP contribution in [0.25, 0.3) is 10.9 Å². The Bertz CT molecular complexity index is 889. The van der Waals surface area contributed by atoms with Crippen LogP contribution in [0.2, 0.25) is 0 Å². The number of rotatable bonds is 3. The lowest BCUT2D eigenvalue weighted by molar-refractivity contribution is 0.262. The molecule has 5 nitrogen and oxygen atoms in total. The van der Waals surface area contributed by atoms with Gasteiger partial charge in [0, 0.05) is 36.6 Å². The highest BCUT2D eigenvalue weighted by Crippen LogP contribution is 2.23. The van der Waals surface area contributed by atoms with Crippen molar-refractivity contribution in [2.45, 2.75) is 6.92 Å². The van der Waals surface area contributed by atoms with Crippen LogP contribution in [-0.2, 0) is 0 Å². The third kappa shape index (κ3) is 3.46. The van der Waals surface area contributed by atoms with E-state index in [-0.39, 0.29) is 6.03 Å². The largest absolute Gasteiger partial charge is 0.378 e. The minimum Gasteiger partial charge on any atom is -0.378 e. The molecule has 2 aromatic carbocycles. The maximum absolute atomic E-state index is 12.4. The van der Waals surface area contributed by atoms with E-state index in [0.29, 0.717) is 0 Å². The SMILES string of the molecule is Cc1cc(NC(=O)Nc2cccc(N(C)C)c2)c2ccccc2n1. The first kappa shape index (κ1) is 15.8. The maximum Gasteiger partial charge on any atom is 0.323 e. The fourth-order valence-electron chi connectivity index (χ4n) is 2.56. The Kier molecular flexibility index (Phi) is 4.33. The summed E-state index contributed by atoms with van der Waals surface area (Å²) in [5, 5.41) is 6.71. The van der Waals surface area contributed by atoms with Crippen LogP contribution in [-0.4, -0.2) is 25.1 Å². The van der Waals surface area contributed by atoms with Gasteiger partial charge in [0.25, 0.3) is 0 Å². The van der Waals surface area contributed by atoms with Gasteiger partial charge in [-0.15, -0.1) is 0 Å². The molecule has 0 radical (unpaired) electrons. The molecule has 2 amide bonds. The van der Waals surface area contributed by atoms with Crippen LogP contribution in [0.15, 0.2) is 54.6 Å². The molecular formula is C19H20N4O. The van der Waals surface area contributed by atoms with Crippen molar-refractivity contribution < 1.29 is 4.79 Å². The normalized spacial score (nSPS) is 10.5. The number of nitrogens with one attached hydrogen (secondary N) is 2. The molecule has 0 fully saturated rings. The number of benzene rings is 2. The Morgan fingerprint density at radius 3 is 2.58 bits per heavy atom. The van der Waals surface area contributed by atoms with Gasteiger partial charge >= 0.3 is 6.03 Å². The summed E-state index contributed by atoms with van der Waals surface area (Å²) in [5.74, 6) is 0. The molecule has 122 valence electrons. The van der Waals surface area contributed by atoms with Gasteiger partial charge in [0.2, 0.25) is 0 Å². The van der Waals surface area contributed by atoms with Crippen LogP contribution >= 0.6 is 0 Å². The Morgan fingerprint density at radius 2 is 1.79 bits per heavy atom. The lowest BCUT2D eigenvalue weighted by Crippen LogP contribution is -2.20. The average molecular weight is 320 g/mol. The van der Waals surface area contributed by atoms with Gasteiger partial charge in [0.15, 0.2) is 0 Å². The Labute approximate surface area is 141 Å². The van der Waals surface area contributed by atoms with Crippen LogP contribution in [0.5, 0.6) is 0 Å². The average Bonchev–Trinajstić information content (AvgIpc) is 2.54. The number of nitrogens with zero attached hydrogens (tertiary/aromatic N) is 2. The summed E-state index contributed by atoms with van der Waals surface area (Å²) >= 11 is 0. The van der Waals surface area contributed by atoms with E-state index in [2.05, 4.69) is 15.6 Å². The molecule has 0 bridgehead atoms. The van der Waals surface area contributed by atoms with E-state index >= 15 is 0 Å². The fraction of sp³-hybridized carbons (Fsp3) is 0.158. The van der Waals surface area contributed by atoms with Crippen molar-refractivity contribution in [2.24, 2.45) is 0 Å². The van der Waals surface area contributed by atoms with E-state index in [1.54, 1.807) is 0 Å². The monoisotopic (exact) mass is 320 g/mol. The number of para-hydroxylation sites is 1. The van der Waals surface area contributed by atoms with Crippen molar-refractivity contribution in [3.05, 3.63) is 60.3 Å². The van der Waals surface area contributed by atoms with E-state index in [4.69, 9.17) is 0 Å². The Balaban J connectivity index is 1.82. The number of anilines is 3. The fourth-order valence-corrected chi connectivity index (χ4v) is 2.56. The van der Waals surface area contributed by atoms with Gasteiger partial charge in [-0.25, -0.2) is 4.79 Å². The van der Waals surface area contributed by atoms with Crippen molar-refractivity contribution in [2.75, 3.05) is 29.6 Å². The minimum absolute atomic E-state index is 0.276. The molecule has 1 aromatic heterocycles. The summed E-state index contributed by atoms with van der Waals surface area (Å²) in [6.45, 7) is 1.91. The van der Waals surface area contributed by atoms with Gasteiger partial charge in [-0.05, 0) is 37.3 Å². The van der Waals surface area contributed by atoms with Crippen molar-refractivity contribution in [1.29, 1.82) is 0 Å². The lowest BCUT2D eigenvalue weighted by atomic mass is 10.1. The zero-order chi connectivity index (χ0) is 17.1. The van der Waals surface area contributed by atoms with E-state index < -0.39 is 0 Å². The number of amides is 2. The van der Waals surface area contributed by atoms with Gasteiger partial charge in [-0.3, -0.25) is 4.98 Å². The lowest BCUT2D eigenvalue weighted by Gasteiger charge is -2.15. The molecule has 3 aromatic rings. The number of carbonyl (C=O) groups is 1. The number of hydrogen-bond donors (Lipinski definition) is 2. The molecule has 0 saturated carbocycles. The highest BCUT2D eigenvalue weighted by molar-refractivity contribution is 6.05. The second kappa shape index (κ2) is 6.58. The first-order chi connectivity index (χ1) is 11.5. The number of carbonyl (C=O) groups excluding carboxylic acids is 1. The van der Waals surface area contributed by atoms with Gasteiger partial charge in [-0.2, -0.15) is 0 Å². The molecule has 3 rings (SSSR count). The molecule has 0 atom stereocenters. The molecule has 0 saturated heterocycles. The first-order valence-electron chi connectivity index (χ1n) is 7.75. The van der Waals surface area contributed by atoms with Gasteiger partial charge in [0.1, 0.15) is 0 Å². The molecule has 5 heteroatoms. The molecule has 24 heavy (non-hydrogen) atoms. The summed E-state index contributed by atoms with van der Waals surface area (Å²) in [7, 11) is 3.93. The molecule has 1 heterocycles. The van der Waals surface area contributed by atoms with E-state index in [1.165, 1.54) is 0 Å². The summed E-state index contributed by atoms with van der Waals surface area (Å²) in [4.78, 5) is 18.8. The summed E-state index contributed by atoms with van der Waals surface area (Å²) in [5.41, 5.74) is 4.24. The molecular weight excluding hydrogens is 300 g/mol. The van der Waals surface area contributed by atoms with Crippen molar-refractivity contribution in [1.82, 2.24) is 4.98 Å². The Hall–Kier alpha value is -3.08. The highest BCUT2D eigenvalue weighted by atomic mass is 16.2. The van der Waals surface area contributed by atoms with Crippen LogP contribution in [0.1, 0.15) is 5.69 Å². The third-order valence-corrected chi connectivity index (χ3v) is 3.71. The highest BCUT2D eigenvalue weighted by Gasteiger charge is 2.08. The van der Waals surface area contributed by atoms with Crippen LogP contribution in [0, 0.1) is 6.92 Å². The van der Waals surface area contributed by atoms with Crippen LogP contribution < -0.4 is 15.5 Å². The first-order valence-corrected chi connectivity index (χ1v) is 7.75. The molecule has 0 unspecified atom stereocenters. The third-order valence-electron chi connectivity index (χ3n) is 3.71. The molecule has 0 aliphatic carbocycles. The number of pyridine rings is 1. The van der Waals surface area contributed by atoms with Crippen molar-refractivity contribution >= 4 is 34.0 Å². The van der Waals surface area contributed by atoms with Gasteiger partial charge < -0.3 is 15.5 Å². The van der Waals surface area contributed by atoms with E-state index in [1.807, 2.05) is 80.5 Å². The summed E-state index contributed by atoms with van der Waals surface area (Å²) < 4.78 is 0. The Morgan fingerprint density at radius 1 is 1.00 bits per heavy atom. The number of aryl methyl sites for hydroxylation is 1. The van der Waals surface area contributed by atoms with E-state index in [9.17, 15) is 4.79 Å². The molecule has 0 aliphatic heterocycles. The van der Waals surface area contributed by atoms with Gasteiger partial charge in [-0.1, -0.05) is 24.3 Å². The zero-order valence-corrected chi connectivity index (χ0v) is 14.0. The smallest absolute Gasteiger partial charge is 0.323 e. The van der Waals surface area contributed by atoms with Crippen LogP contribution in [0.3, 0.4) is 0 Å². The summed E-state index contributed by atoms with van der Waals surface area (Å²) in [6.07, 6.45) is 0. The maximum atomic E-state index is 12.4. The number of aromatic nitrogens is 1. The van der Waals surface area contributed by atoms with E-state index in [0.717, 1.165) is 33.7 Å². The molecule has 0 spiro atoms. The predicted molar refractivity (Wildman–Crippen MR) is 99.9 cm³/mol. The number of urea groups is 1. The second-order valence-electron chi connectivity index (χ2n) is 5.85. The topological polar surface area (TPSA) is 57.3 Å². The standard InChI is InChI=1S/C19H20N4O/c1-13-11-18(16-9-4-5-10-17(16)20-13)22-19(24)21-14-7-6-8-15(12-14)23(2)3/h4-12H,1-3H3,(H2,20,21,22,24). The van der Waals surface area contributed by atoms with Crippen molar-refractivity contribution in [3.8, 4) is 0 Å². The minimum atomic E-state index is -0.276. The second-order valence-corrected chi connectivity index (χ2v) is 5.85. The quantitative estimate of drug-likeness (QED) is 0.758.